The molecule has 1 spiro atoms. The van der Waals surface area contributed by atoms with E-state index in [1.165, 1.54) is 0 Å². The SMILES string of the molecule is FC1=C2[C@@]3(F)C(F)=C(F)[C@](F)(C(F)(F)C3(F)F)[C@@]23C(F)(F)[C@@]3(F)C1(F)F. The molecule has 0 aromatic heterocycles. The molecular formula is C12F14. The van der Waals surface area contributed by atoms with Gasteiger partial charge in [-0.05, 0) is 0 Å². The minimum Gasteiger partial charge on any atom is -0.228 e. The number of allylic oxidation sites excluding steroid dienone is 4. The fourth-order valence-corrected chi connectivity index (χ4v) is 4.40. The quantitative estimate of drug-likeness (QED) is 0.490. The molecule has 0 heterocycles. The standard InChI is InChI=1S/C12F14/c13-2-1-5(16)3(14)4(15)7(17,12(25,26)10(5,21)22)6(1)9(20,8(2,18)19)11(6,23)24/t5-,6+,7-,9+/m1/s1. The molecule has 0 saturated heterocycles. The molecule has 14 heteroatoms. The lowest BCUT2D eigenvalue weighted by molar-refractivity contribution is -0.350. The predicted molar refractivity (Wildman–Crippen MR) is 51.1 cm³/mol. The van der Waals surface area contributed by atoms with Crippen LogP contribution >= 0.6 is 0 Å². The molecule has 2 bridgehead atoms. The topological polar surface area (TPSA) is 0 Å². The molecule has 0 aliphatic heterocycles. The van der Waals surface area contributed by atoms with E-state index >= 15 is 0 Å². The summed E-state index contributed by atoms with van der Waals surface area (Å²) in [6.45, 7) is 0. The lowest BCUT2D eigenvalue weighted by Crippen LogP contribution is -2.79. The van der Waals surface area contributed by atoms with Gasteiger partial charge in [0.15, 0.2) is 22.9 Å². The highest BCUT2D eigenvalue weighted by Gasteiger charge is 3.19. The Balaban J connectivity index is 2.31. The smallest absolute Gasteiger partial charge is 0.228 e. The summed E-state index contributed by atoms with van der Waals surface area (Å²) in [5.41, 5.74) is -28.2. The van der Waals surface area contributed by atoms with Crippen molar-refractivity contribution < 1.29 is 61.5 Å². The summed E-state index contributed by atoms with van der Waals surface area (Å²) in [5, 5.41) is 0. The van der Waals surface area contributed by atoms with Crippen molar-refractivity contribution in [2.45, 2.75) is 40.7 Å². The van der Waals surface area contributed by atoms with Crippen LogP contribution in [0.3, 0.4) is 0 Å². The van der Waals surface area contributed by atoms with E-state index in [2.05, 4.69) is 0 Å². The Kier molecular flexibility index (Phi) is 2.39. The maximum absolute atomic E-state index is 14.7. The van der Waals surface area contributed by atoms with Gasteiger partial charge in [0, 0.05) is 5.57 Å². The molecule has 2 saturated carbocycles. The third-order valence-corrected chi connectivity index (χ3v) is 5.58. The summed E-state index contributed by atoms with van der Waals surface area (Å²) >= 11 is 0. The molecule has 4 atom stereocenters. The van der Waals surface area contributed by atoms with E-state index in [9.17, 15) is 61.5 Å². The minimum absolute atomic E-state index is 3.60. The van der Waals surface area contributed by atoms with Crippen molar-refractivity contribution in [3.63, 3.8) is 0 Å². The van der Waals surface area contributed by atoms with Gasteiger partial charge in [-0.15, -0.1) is 0 Å². The largest absolute Gasteiger partial charge is 0.357 e. The molecule has 146 valence electrons. The predicted octanol–water partition coefficient (Wildman–Crippen LogP) is 5.07. The minimum atomic E-state index is -6.98. The maximum Gasteiger partial charge on any atom is 0.357 e. The zero-order valence-corrected chi connectivity index (χ0v) is 11.3. The van der Waals surface area contributed by atoms with Crippen LogP contribution in [0.2, 0.25) is 0 Å². The van der Waals surface area contributed by atoms with E-state index < -0.39 is 69.2 Å². The third kappa shape index (κ3) is 0.917. The van der Waals surface area contributed by atoms with Gasteiger partial charge in [0.1, 0.15) is 0 Å². The second-order valence-electron chi connectivity index (χ2n) is 6.34. The third-order valence-electron chi connectivity index (χ3n) is 5.58. The van der Waals surface area contributed by atoms with Crippen molar-refractivity contribution >= 4 is 0 Å². The number of hydrogen-bond acceptors (Lipinski definition) is 0. The molecule has 2 fully saturated rings. The van der Waals surface area contributed by atoms with E-state index in [-0.39, 0.29) is 0 Å². The number of fused-ring (bicyclic) bond motifs is 1. The summed E-state index contributed by atoms with van der Waals surface area (Å²) in [5.74, 6) is -37.9. The first-order chi connectivity index (χ1) is 11.3. The van der Waals surface area contributed by atoms with Gasteiger partial charge < -0.3 is 0 Å². The molecule has 5 rings (SSSR count). The van der Waals surface area contributed by atoms with Gasteiger partial charge in [0.05, 0.1) is 0 Å². The van der Waals surface area contributed by atoms with Crippen LogP contribution in [0.25, 0.3) is 0 Å². The second kappa shape index (κ2) is 3.48. The Hall–Kier alpha value is -1.50. The van der Waals surface area contributed by atoms with E-state index in [1.54, 1.807) is 0 Å². The zero-order valence-electron chi connectivity index (χ0n) is 11.3. The number of rotatable bonds is 0. The summed E-state index contributed by atoms with van der Waals surface area (Å²) in [7, 11) is 0. The number of hydrogen-bond donors (Lipinski definition) is 0. The zero-order chi connectivity index (χ0) is 20.3. The fraction of sp³-hybridized carbons (Fsp3) is 0.667. The normalized spacial score (nSPS) is 51.5. The molecule has 0 amide bonds. The van der Waals surface area contributed by atoms with Gasteiger partial charge >= 0.3 is 23.7 Å². The van der Waals surface area contributed by atoms with Crippen molar-refractivity contribution in [1.82, 2.24) is 0 Å². The van der Waals surface area contributed by atoms with Crippen LogP contribution in [0.4, 0.5) is 61.5 Å². The van der Waals surface area contributed by atoms with Crippen LogP contribution in [0, 0.1) is 5.41 Å². The maximum atomic E-state index is 14.7. The van der Waals surface area contributed by atoms with Crippen molar-refractivity contribution in [2.24, 2.45) is 5.41 Å². The Morgan fingerprint density at radius 1 is 0.500 bits per heavy atom. The molecule has 5 aliphatic rings. The molecule has 0 nitrogen and oxygen atoms in total. The molecule has 0 unspecified atom stereocenters. The number of alkyl halides is 11. The molecule has 0 N–H and O–H groups in total. The van der Waals surface area contributed by atoms with Crippen LogP contribution in [0.15, 0.2) is 23.1 Å². The van der Waals surface area contributed by atoms with Crippen molar-refractivity contribution in [2.75, 3.05) is 0 Å². The Morgan fingerprint density at radius 2 is 0.962 bits per heavy atom. The van der Waals surface area contributed by atoms with E-state index in [0.29, 0.717) is 0 Å². The van der Waals surface area contributed by atoms with Crippen LogP contribution in [-0.4, -0.2) is 40.7 Å². The number of halogens is 14. The van der Waals surface area contributed by atoms with Crippen LogP contribution in [0.1, 0.15) is 0 Å². The Bertz CT molecular complexity index is 852. The molecule has 5 aliphatic carbocycles. The van der Waals surface area contributed by atoms with Crippen molar-refractivity contribution in [1.29, 1.82) is 0 Å². The van der Waals surface area contributed by atoms with Crippen LogP contribution in [0.5, 0.6) is 0 Å². The van der Waals surface area contributed by atoms with Crippen molar-refractivity contribution in [3.8, 4) is 0 Å². The van der Waals surface area contributed by atoms with Gasteiger partial charge in [-0.3, -0.25) is 0 Å². The lowest BCUT2D eigenvalue weighted by atomic mass is 9.55. The lowest BCUT2D eigenvalue weighted by Gasteiger charge is -2.55. The van der Waals surface area contributed by atoms with Crippen LogP contribution < -0.4 is 0 Å². The first kappa shape index (κ1) is 17.9. The summed E-state index contributed by atoms with van der Waals surface area (Å²) in [4.78, 5) is 0. The van der Waals surface area contributed by atoms with Gasteiger partial charge in [-0.25, -0.2) is 35.1 Å². The van der Waals surface area contributed by atoms with E-state index in [0.717, 1.165) is 0 Å². The molecular weight excluding hydrogens is 410 g/mol. The van der Waals surface area contributed by atoms with Gasteiger partial charge in [0.25, 0.3) is 17.0 Å². The molecule has 0 aromatic rings. The monoisotopic (exact) mass is 410 g/mol. The Morgan fingerprint density at radius 3 is 1.42 bits per heavy atom. The van der Waals surface area contributed by atoms with Crippen molar-refractivity contribution in [3.05, 3.63) is 23.1 Å². The summed E-state index contributed by atoms with van der Waals surface area (Å²) in [6.07, 6.45) is 0. The van der Waals surface area contributed by atoms with Gasteiger partial charge in [-0.2, -0.15) is 26.3 Å². The fourth-order valence-electron chi connectivity index (χ4n) is 4.40. The average molecular weight is 410 g/mol. The first-order valence-electron chi connectivity index (χ1n) is 6.40. The molecule has 26 heavy (non-hydrogen) atoms. The highest BCUT2D eigenvalue weighted by atomic mass is 19.3. The van der Waals surface area contributed by atoms with E-state index in [1.807, 2.05) is 0 Å². The summed E-state index contributed by atoms with van der Waals surface area (Å²) < 4.78 is 195. The average Bonchev–Trinajstić information content (AvgIpc) is 2.84. The highest BCUT2D eigenvalue weighted by Crippen LogP contribution is 2.95. The Labute approximate surface area is 132 Å². The second-order valence-corrected chi connectivity index (χ2v) is 6.34. The summed E-state index contributed by atoms with van der Waals surface area (Å²) in [6, 6.07) is 0. The van der Waals surface area contributed by atoms with Gasteiger partial charge in [-0.1, -0.05) is 0 Å². The molecule has 0 aromatic carbocycles. The highest BCUT2D eigenvalue weighted by molar-refractivity contribution is 5.73. The first-order valence-corrected chi connectivity index (χ1v) is 6.40. The van der Waals surface area contributed by atoms with Crippen LogP contribution in [-0.2, 0) is 0 Å². The van der Waals surface area contributed by atoms with Gasteiger partial charge in [0.2, 0.25) is 0 Å². The van der Waals surface area contributed by atoms with E-state index in [4.69, 9.17) is 0 Å². The molecule has 0 radical (unpaired) electrons.